The summed E-state index contributed by atoms with van der Waals surface area (Å²) in [6.07, 6.45) is 3.80. The zero-order valence-electron chi connectivity index (χ0n) is 15.6. The molecular weight excluding hydrogens is 340 g/mol. The standard InChI is InChI=1S/C20H24N6O/c1-15-23-18(16-4-11-27-12-5-16)13-19(24-15)25-7-9-26(10-8-25)20-17(14-21)3-2-6-22-20/h2-3,6,13,16H,4-5,7-12H2,1H3. The summed E-state index contributed by atoms with van der Waals surface area (Å²) < 4.78 is 5.48. The van der Waals surface area contributed by atoms with Gasteiger partial charge >= 0.3 is 0 Å². The Morgan fingerprint density at radius 3 is 2.59 bits per heavy atom. The van der Waals surface area contributed by atoms with Crippen LogP contribution in [0.3, 0.4) is 0 Å². The molecule has 0 bridgehead atoms. The van der Waals surface area contributed by atoms with Gasteiger partial charge in [0.05, 0.1) is 5.56 Å². The molecule has 0 aromatic carbocycles. The van der Waals surface area contributed by atoms with E-state index in [1.807, 2.05) is 13.0 Å². The molecule has 2 aromatic rings. The number of rotatable bonds is 3. The number of aryl methyl sites for hydroxylation is 1. The molecule has 27 heavy (non-hydrogen) atoms. The minimum atomic E-state index is 0.465. The second-order valence-corrected chi connectivity index (χ2v) is 7.05. The van der Waals surface area contributed by atoms with E-state index in [9.17, 15) is 5.26 Å². The molecule has 0 spiro atoms. The summed E-state index contributed by atoms with van der Waals surface area (Å²) in [7, 11) is 0. The summed E-state index contributed by atoms with van der Waals surface area (Å²) in [6.45, 7) is 6.94. The lowest BCUT2D eigenvalue weighted by atomic mass is 9.96. The van der Waals surface area contributed by atoms with E-state index in [0.717, 1.165) is 75.4 Å². The lowest BCUT2D eigenvalue weighted by Crippen LogP contribution is -2.47. The molecule has 7 nitrogen and oxygen atoms in total. The van der Waals surface area contributed by atoms with Crippen molar-refractivity contribution in [2.45, 2.75) is 25.7 Å². The first-order chi connectivity index (χ1) is 13.2. The molecule has 0 N–H and O–H groups in total. The van der Waals surface area contributed by atoms with Gasteiger partial charge in [0.1, 0.15) is 23.5 Å². The molecule has 4 heterocycles. The van der Waals surface area contributed by atoms with Gasteiger partial charge in [-0.05, 0) is 31.9 Å². The first-order valence-electron chi connectivity index (χ1n) is 9.53. The second kappa shape index (κ2) is 7.89. The lowest BCUT2D eigenvalue weighted by molar-refractivity contribution is 0.0844. The lowest BCUT2D eigenvalue weighted by Gasteiger charge is -2.36. The highest BCUT2D eigenvalue weighted by molar-refractivity contribution is 5.55. The van der Waals surface area contributed by atoms with Crippen molar-refractivity contribution in [3.05, 3.63) is 41.5 Å². The Morgan fingerprint density at radius 2 is 1.85 bits per heavy atom. The van der Waals surface area contributed by atoms with E-state index < -0.39 is 0 Å². The van der Waals surface area contributed by atoms with Crippen molar-refractivity contribution in [2.24, 2.45) is 0 Å². The van der Waals surface area contributed by atoms with Crippen LogP contribution in [0.5, 0.6) is 0 Å². The van der Waals surface area contributed by atoms with Crippen molar-refractivity contribution in [1.29, 1.82) is 5.26 Å². The monoisotopic (exact) mass is 364 g/mol. The van der Waals surface area contributed by atoms with E-state index in [1.54, 1.807) is 12.3 Å². The van der Waals surface area contributed by atoms with Gasteiger partial charge < -0.3 is 14.5 Å². The Balaban J connectivity index is 1.48. The molecule has 4 rings (SSSR count). The SMILES string of the molecule is Cc1nc(C2CCOCC2)cc(N2CCN(c3ncccc3C#N)CC2)n1. The predicted octanol–water partition coefficient (Wildman–Crippen LogP) is 2.27. The molecular formula is C20H24N6O. The molecule has 0 unspecified atom stereocenters. The molecule has 2 aliphatic heterocycles. The van der Waals surface area contributed by atoms with Crippen molar-refractivity contribution in [1.82, 2.24) is 15.0 Å². The van der Waals surface area contributed by atoms with Crippen LogP contribution in [0.2, 0.25) is 0 Å². The van der Waals surface area contributed by atoms with Gasteiger partial charge in [0.15, 0.2) is 0 Å². The second-order valence-electron chi connectivity index (χ2n) is 7.05. The Morgan fingerprint density at radius 1 is 1.11 bits per heavy atom. The third-order valence-electron chi connectivity index (χ3n) is 5.29. The topological polar surface area (TPSA) is 78.2 Å². The zero-order chi connectivity index (χ0) is 18.6. The number of anilines is 2. The van der Waals surface area contributed by atoms with Crippen LogP contribution < -0.4 is 9.80 Å². The highest BCUT2D eigenvalue weighted by Crippen LogP contribution is 2.28. The third kappa shape index (κ3) is 3.86. The van der Waals surface area contributed by atoms with Crippen molar-refractivity contribution in [3.63, 3.8) is 0 Å². The molecule has 2 aliphatic rings. The largest absolute Gasteiger partial charge is 0.381 e. The Kier molecular flexibility index (Phi) is 5.16. The summed E-state index contributed by atoms with van der Waals surface area (Å²) in [5.41, 5.74) is 1.77. The first kappa shape index (κ1) is 17.7. The predicted molar refractivity (Wildman–Crippen MR) is 103 cm³/mol. The van der Waals surface area contributed by atoms with Crippen molar-refractivity contribution in [2.75, 3.05) is 49.2 Å². The fourth-order valence-electron chi connectivity index (χ4n) is 3.82. The van der Waals surface area contributed by atoms with Gasteiger partial charge in [0, 0.05) is 63.3 Å². The molecule has 0 amide bonds. The number of aromatic nitrogens is 3. The van der Waals surface area contributed by atoms with Gasteiger partial charge in [-0.2, -0.15) is 5.26 Å². The number of ether oxygens (including phenoxy) is 1. The van der Waals surface area contributed by atoms with E-state index >= 15 is 0 Å². The average molecular weight is 364 g/mol. The molecule has 0 aliphatic carbocycles. The summed E-state index contributed by atoms with van der Waals surface area (Å²) in [5, 5.41) is 9.31. The molecule has 2 fully saturated rings. The van der Waals surface area contributed by atoms with Gasteiger partial charge in [-0.3, -0.25) is 0 Å². The molecule has 0 atom stereocenters. The van der Waals surface area contributed by atoms with Crippen LogP contribution in [0.1, 0.15) is 35.8 Å². The molecule has 0 saturated carbocycles. The summed E-state index contributed by atoms with van der Waals surface area (Å²) in [5.74, 6) is 3.08. The number of hydrogen-bond donors (Lipinski definition) is 0. The summed E-state index contributed by atoms with van der Waals surface area (Å²) in [4.78, 5) is 18.3. The summed E-state index contributed by atoms with van der Waals surface area (Å²) >= 11 is 0. The maximum Gasteiger partial charge on any atom is 0.146 e. The van der Waals surface area contributed by atoms with E-state index in [2.05, 4.69) is 36.9 Å². The minimum Gasteiger partial charge on any atom is -0.381 e. The van der Waals surface area contributed by atoms with E-state index in [1.165, 1.54) is 0 Å². The molecule has 7 heteroatoms. The van der Waals surface area contributed by atoms with Gasteiger partial charge in [0.25, 0.3) is 0 Å². The number of nitrogens with zero attached hydrogens (tertiary/aromatic N) is 6. The van der Waals surface area contributed by atoms with Gasteiger partial charge in [-0.25, -0.2) is 15.0 Å². The highest BCUT2D eigenvalue weighted by Gasteiger charge is 2.23. The Hall–Kier alpha value is -2.72. The zero-order valence-corrected chi connectivity index (χ0v) is 15.6. The minimum absolute atomic E-state index is 0.465. The maximum absolute atomic E-state index is 9.31. The third-order valence-corrected chi connectivity index (χ3v) is 5.29. The molecule has 2 aromatic heterocycles. The molecule has 140 valence electrons. The highest BCUT2D eigenvalue weighted by atomic mass is 16.5. The first-order valence-corrected chi connectivity index (χ1v) is 9.53. The van der Waals surface area contributed by atoms with Gasteiger partial charge in [-0.15, -0.1) is 0 Å². The smallest absolute Gasteiger partial charge is 0.146 e. The van der Waals surface area contributed by atoms with Crippen LogP contribution in [0.4, 0.5) is 11.6 Å². The van der Waals surface area contributed by atoms with Crippen LogP contribution in [-0.4, -0.2) is 54.3 Å². The van der Waals surface area contributed by atoms with Crippen molar-refractivity contribution < 1.29 is 4.74 Å². The normalized spacial score (nSPS) is 18.4. The fourth-order valence-corrected chi connectivity index (χ4v) is 3.82. The van der Waals surface area contributed by atoms with Gasteiger partial charge in [-0.1, -0.05) is 0 Å². The quantitative estimate of drug-likeness (QED) is 0.827. The fraction of sp³-hybridized carbons (Fsp3) is 0.500. The Bertz CT molecular complexity index is 835. The molecule has 0 radical (unpaired) electrons. The van der Waals surface area contributed by atoms with Crippen LogP contribution >= 0.6 is 0 Å². The van der Waals surface area contributed by atoms with Crippen LogP contribution in [-0.2, 0) is 4.74 Å². The molecule has 2 saturated heterocycles. The number of hydrogen-bond acceptors (Lipinski definition) is 7. The van der Waals surface area contributed by atoms with Crippen LogP contribution in [0.15, 0.2) is 24.4 Å². The van der Waals surface area contributed by atoms with E-state index in [-0.39, 0.29) is 0 Å². The maximum atomic E-state index is 9.31. The van der Waals surface area contributed by atoms with E-state index in [4.69, 9.17) is 4.74 Å². The van der Waals surface area contributed by atoms with Gasteiger partial charge in [0.2, 0.25) is 0 Å². The summed E-state index contributed by atoms with van der Waals surface area (Å²) in [6, 6.07) is 8.02. The average Bonchev–Trinajstić information content (AvgIpc) is 2.74. The van der Waals surface area contributed by atoms with Crippen LogP contribution in [0.25, 0.3) is 0 Å². The van der Waals surface area contributed by atoms with E-state index in [0.29, 0.717) is 11.5 Å². The number of pyridine rings is 1. The number of nitriles is 1. The Labute approximate surface area is 159 Å². The van der Waals surface area contributed by atoms with Crippen LogP contribution in [0, 0.1) is 18.3 Å². The van der Waals surface area contributed by atoms with Crippen molar-refractivity contribution in [3.8, 4) is 6.07 Å². The number of piperazine rings is 1. The van der Waals surface area contributed by atoms with Crippen molar-refractivity contribution >= 4 is 11.6 Å².